The molecule has 2 aromatic rings. The number of halogens is 1. The van der Waals surface area contributed by atoms with Gasteiger partial charge in [-0.1, -0.05) is 29.8 Å². The van der Waals surface area contributed by atoms with Crippen LogP contribution >= 0.6 is 11.6 Å². The highest BCUT2D eigenvalue weighted by Gasteiger charge is 2.35. The van der Waals surface area contributed by atoms with Gasteiger partial charge in [0, 0.05) is 34.7 Å². The van der Waals surface area contributed by atoms with Gasteiger partial charge < -0.3 is 9.88 Å². The van der Waals surface area contributed by atoms with E-state index in [1.165, 1.54) is 0 Å². The minimum absolute atomic E-state index is 0.0597. The van der Waals surface area contributed by atoms with Gasteiger partial charge in [0.05, 0.1) is 5.56 Å². The number of carbonyl (C=O) groups is 1. The van der Waals surface area contributed by atoms with Gasteiger partial charge in [-0.2, -0.15) is 5.26 Å². The minimum atomic E-state index is -0.241. The lowest BCUT2D eigenvalue weighted by Gasteiger charge is -2.29. The molecular formula is C18H18ClN3O. The first-order chi connectivity index (χ1) is 10.8. The zero-order chi connectivity index (χ0) is 16.8. The third-order valence-electron chi connectivity index (χ3n) is 4.16. The van der Waals surface area contributed by atoms with Crippen molar-refractivity contribution in [2.75, 3.05) is 5.32 Å². The maximum Gasteiger partial charge on any atom is 0.226 e. The fourth-order valence-corrected chi connectivity index (χ4v) is 3.38. The molecule has 0 unspecified atom stereocenters. The highest BCUT2D eigenvalue weighted by atomic mass is 35.5. The van der Waals surface area contributed by atoms with Gasteiger partial charge in [-0.25, -0.2) is 0 Å². The van der Waals surface area contributed by atoms with Crippen molar-refractivity contribution in [1.82, 2.24) is 4.57 Å². The molecule has 1 atom stereocenters. The molecule has 1 N–H and O–H groups in total. The quantitative estimate of drug-likeness (QED) is 0.851. The Morgan fingerprint density at radius 1 is 1.35 bits per heavy atom. The average molecular weight is 328 g/mol. The largest absolute Gasteiger partial charge is 0.328 e. The first-order valence-corrected chi connectivity index (χ1v) is 7.91. The number of anilines is 1. The zero-order valence-electron chi connectivity index (χ0n) is 13.4. The van der Waals surface area contributed by atoms with Crippen LogP contribution in [0.4, 0.5) is 5.82 Å². The summed E-state index contributed by atoms with van der Waals surface area (Å²) in [4.78, 5) is 12.2. The van der Waals surface area contributed by atoms with Crippen LogP contribution in [-0.4, -0.2) is 10.5 Å². The van der Waals surface area contributed by atoms with Crippen molar-refractivity contribution in [2.45, 2.75) is 38.6 Å². The zero-order valence-corrected chi connectivity index (χ0v) is 14.1. The predicted molar refractivity (Wildman–Crippen MR) is 90.7 cm³/mol. The number of carbonyl (C=O) groups excluding carboxylic acids is 1. The van der Waals surface area contributed by atoms with Crippen molar-refractivity contribution in [1.29, 1.82) is 5.26 Å². The third kappa shape index (κ3) is 2.62. The summed E-state index contributed by atoms with van der Waals surface area (Å²) in [5.74, 6) is 0.441. The molecular weight excluding hydrogens is 310 g/mol. The molecule has 2 heterocycles. The molecule has 1 aliphatic heterocycles. The van der Waals surface area contributed by atoms with Crippen molar-refractivity contribution in [3.8, 4) is 6.07 Å². The van der Waals surface area contributed by atoms with Crippen LogP contribution in [-0.2, 0) is 10.3 Å². The van der Waals surface area contributed by atoms with Crippen molar-refractivity contribution in [2.24, 2.45) is 0 Å². The summed E-state index contributed by atoms with van der Waals surface area (Å²) in [6.45, 7) is 6.12. The molecule has 5 heteroatoms. The standard InChI is InChI=1S/C18H18ClN3O/c1-18(2,3)22-10-11(9-20)16-13(8-15(23)21-17(16)22)12-6-4-5-7-14(12)19/h4-7,10,13H,8H2,1-3H3,(H,21,23)/t13-/m0/s1. The summed E-state index contributed by atoms with van der Waals surface area (Å²) < 4.78 is 1.96. The van der Waals surface area contributed by atoms with E-state index in [-0.39, 0.29) is 17.4 Å². The van der Waals surface area contributed by atoms with Gasteiger partial charge in [-0.3, -0.25) is 4.79 Å². The molecule has 1 aliphatic rings. The third-order valence-corrected chi connectivity index (χ3v) is 4.51. The maximum absolute atomic E-state index is 12.2. The summed E-state index contributed by atoms with van der Waals surface area (Å²) in [6.07, 6.45) is 2.11. The van der Waals surface area contributed by atoms with Gasteiger partial charge in [0.25, 0.3) is 0 Å². The Hall–Kier alpha value is -2.25. The summed E-state index contributed by atoms with van der Waals surface area (Å²) in [5, 5.41) is 13.1. The summed E-state index contributed by atoms with van der Waals surface area (Å²) in [7, 11) is 0. The van der Waals surface area contributed by atoms with Crippen LogP contribution < -0.4 is 5.32 Å². The molecule has 0 spiro atoms. The first-order valence-electron chi connectivity index (χ1n) is 7.53. The van der Waals surface area contributed by atoms with Crippen LogP contribution in [0.15, 0.2) is 30.5 Å². The molecule has 0 fully saturated rings. The smallest absolute Gasteiger partial charge is 0.226 e. The molecule has 0 bridgehead atoms. The van der Waals surface area contributed by atoms with Crippen molar-refractivity contribution in [3.63, 3.8) is 0 Å². The number of hydrogen-bond acceptors (Lipinski definition) is 2. The van der Waals surface area contributed by atoms with E-state index in [0.29, 0.717) is 22.8 Å². The molecule has 0 saturated heterocycles. The van der Waals surface area contributed by atoms with Crippen LogP contribution in [0.25, 0.3) is 0 Å². The number of benzene rings is 1. The molecule has 1 amide bonds. The van der Waals surface area contributed by atoms with Gasteiger partial charge in [-0.15, -0.1) is 0 Å². The van der Waals surface area contributed by atoms with Gasteiger partial charge >= 0.3 is 0 Å². The molecule has 1 aromatic heterocycles. The Labute approximate surface area is 140 Å². The topological polar surface area (TPSA) is 57.8 Å². The number of nitriles is 1. The Morgan fingerprint density at radius 2 is 2.04 bits per heavy atom. The number of nitrogens with one attached hydrogen (secondary N) is 1. The van der Waals surface area contributed by atoms with Crippen LogP contribution in [0.3, 0.4) is 0 Å². The second-order valence-corrected chi connectivity index (χ2v) is 7.19. The van der Waals surface area contributed by atoms with Crippen molar-refractivity contribution < 1.29 is 4.79 Å². The lowest BCUT2D eigenvalue weighted by molar-refractivity contribution is -0.116. The lowest BCUT2D eigenvalue weighted by Crippen LogP contribution is -2.29. The Kier molecular flexibility index (Phi) is 3.69. The van der Waals surface area contributed by atoms with Crippen molar-refractivity contribution >= 4 is 23.3 Å². The van der Waals surface area contributed by atoms with E-state index < -0.39 is 0 Å². The summed E-state index contributed by atoms with van der Waals surface area (Å²) in [6, 6.07) is 9.77. The second-order valence-electron chi connectivity index (χ2n) is 6.78. The van der Waals surface area contributed by atoms with E-state index in [9.17, 15) is 10.1 Å². The fourth-order valence-electron chi connectivity index (χ4n) is 3.11. The molecule has 0 saturated carbocycles. The summed E-state index contributed by atoms with van der Waals surface area (Å²) >= 11 is 6.34. The van der Waals surface area contributed by atoms with E-state index in [4.69, 9.17) is 11.6 Å². The van der Waals surface area contributed by atoms with E-state index in [2.05, 4.69) is 11.4 Å². The Balaban J connectivity index is 2.26. The highest BCUT2D eigenvalue weighted by molar-refractivity contribution is 6.31. The molecule has 1 aromatic carbocycles. The Bertz CT molecular complexity index is 824. The molecule has 0 aliphatic carbocycles. The number of fused-ring (bicyclic) bond motifs is 1. The average Bonchev–Trinajstić information content (AvgIpc) is 2.85. The van der Waals surface area contributed by atoms with Crippen LogP contribution in [0.2, 0.25) is 5.02 Å². The fraction of sp³-hybridized carbons (Fsp3) is 0.333. The molecule has 118 valence electrons. The highest BCUT2D eigenvalue weighted by Crippen LogP contribution is 2.43. The maximum atomic E-state index is 12.2. The molecule has 23 heavy (non-hydrogen) atoms. The minimum Gasteiger partial charge on any atom is -0.328 e. The first kappa shape index (κ1) is 15.6. The lowest BCUT2D eigenvalue weighted by atomic mass is 9.85. The van der Waals surface area contributed by atoms with E-state index in [1.807, 2.05) is 55.8 Å². The number of amides is 1. The van der Waals surface area contributed by atoms with Gasteiger partial charge in [0.1, 0.15) is 11.9 Å². The SMILES string of the molecule is CC(C)(C)n1cc(C#N)c2c1NC(=O)C[C@H]2c1ccccc1Cl. The van der Waals surface area contributed by atoms with E-state index in [0.717, 1.165) is 11.1 Å². The number of aromatic nitrogens is 1. The van der Waals surface area contributed by atoms with Gasteiger partial charge in [0.15, 0.2) is 0 Å². The number of rotatable bonds is 1. The summed E-state index contributed by atoms with van der Waals surface area (Å²) in [5.41, 5.74) is 2.08. The van der Waals surface area contributed by atoms with Crippen LogP contribution in [0.5, 0.6) is 0 Å². The van der Waals surface area contributed by atoms with Gasteiger partial charge in [0.2, 0.25) is 5.91 Å². The second kappa shape index (κ2) is 5.43. The van der Waals surface area contributed by atoms with E-state index >= 15 is 0 Å². The number of nitrogens with zero attached hydrogens (tertiary/aromatic N) is 2. The molecule has 3 rings (SSSR count). The van der Waals surface area contributed by atoms with E-state index in [1.54, 1.807) is 0 Å². The predicted octanol–water partition coefficient (Wildman–Crippen LogP) is 4.24. The monoisotopic (exact) mass is 327 g/mol. The van der Waals surface area contributed by atoms with Crippen molar-refractivity contribution in [3.05, 3.63) is 52.2 Å². The molecule has 0 radical (unpaired) electrons. The van der Waals surface area contributed by atoms with Gasteiger partial charge in [-0.05, 0) is 32.4 Å². The molecule has 4 nitrogen and oxygen atoms in total. The van der Waals surface area contributed by atoms with Crippen LogP contribution in [0, 0.1) is 11.3 Å². The Morgan fingerprint density at radius 3 is 2.65 bits per heavy atom. The number of hydrogen-bond donors (Lipinski definition) is 1. The normalized spacial score (nSPS) is 17.3. The van der Waals surface area contributed by atoms with Crippen LogP contribution in [0.1, 0.15) is 49.8 Å².